The predicted molar refractivity (Wildman–Crippen MR) is 41.8 cm³/mol. The van der Waals surface area contributed by atoms with Gasteiger partial charge in [-0.15, -0.1) is 0 Å². The predicted octanol–water partition coefficient (Wildman–Crippen LogP) is 1.23. The Kier molecular flexibility index (Phi) is 1.80. The Labute approximate surface area is 77.3 Å². The van der Waals surface area contributed by atoms with E-state index < -0.39 is 18.1 Å². The third kappa shape index (κ3) is 1.36. The zero-order valence-electron chi connectivity index (χ0n) is 6.98. The van der Waals surface area contributed by atoms with Crippen LogP contribution in [0.2, 0.25) is 0 Å². The Morgan fingerprint density at radius 3 is 2.79 bits per heavy atom. The van der Waals surface area contributed by atoms with Crippen LogP contribution in [0.25, 0.3) is 0 Å². The van der Waals surface area contributed by atoms with Crippen LogP contribution in [0.15, 0.2) is 12.3 Å². The summed E-state index contributed by atoms with van der Waals surface area (Å²) in [6, 6.07) is -0.307. The van der Waals surface area contributed by atoms with Crippen molar-refractivity contribution in [2.24, 2.45) is 0 Å². The average molecular weight is 204 g/mol. The van der Waals surface area contributed by atoms with Crippen molar-refractivity contribution < 1.29 is 18.0 Å². The SMILES string of the molecule is O=C1NC(C(F)(F)F)Cc2[nH]ccc21. The van der Waals surface area contributed by atoms with Crippen molar-refractivity contribution in [1.82, 2.24) is 10.3 Å². The van der Waals surface area contributed by atoms with Crippen LogP contribution in [0.5, 0.6) is 0 Å². The number of hydrogen-bond donors (Lipinski definition) is 2. The van der Waals surface area contributed by atoms with Gasteiger partial charge in [0.25, 0.3) is 5.91 Å². The molecule has 1 unspecified atom stereocenters. The van der Waals surface area contributed by atoms with Crippen molar-refractivity contribution in [3.05, 3.63) is 23.5 Å². The molecule has 0 aliphatic carbocycles. The third-order valence-electron chi connectivity index (χ3n) is 2.19. The van der Waals surface area contributed by atoms with Crippen molar-refractivity contribution in [3.63, 3.8) is 0 Å². The van der Waals surface area contributed by atoms with E-state index in [2.05, 4.69) is 4.98 Å². The molecular weight excluding hydrogens is 197 g/mol. The number of alkyl halides is 3. The maximum absolute atomic E-state index is 12.3. The van der Waals surface area contributed by atoms with Crippen LogP contribution in [-0.4, -0.2) is 23.1 Å². The molecule has 3 nitrogen and oxygen atoms in total. The summed E-state index contributed by atoms with van der Waals surface area (Å²) in [5.41, 5.74) is 0.640. The number of amides is 1. The van der Waals surface area contributed by atoms with Gasteiger partial charge in [0.1, 0.15) is 6.04 Å². The fourth-order valence-electron chi connectivity index (χ4n) is 1.47. The zero-order valence-corrected chi connectivity index (χ0v) is 6.98. The quantitative estimate of drug-likeness (QED) is 0.656. The smallest absolute Gasteiger partial charge is 0.364 e. The van der Waals surface area contributed by atoms with Gasteiger partial charge in [0, 0.05) is 18.3 Å². The van der Waals surface area contributed by atoms with E-state index in [4.69, 9.17) is 0 Å². The number of rotatable bonds is 0. The van der Waals surface area contributed by atoms with Crippen LogP contribution in [0.4, 0.5) is 13.2 Å². The molecule has 0 aromatic carbocycles. The largest absolute Gasteiger partial charge is 0.409 e. The summed E-state index contributed by atoms with van der Waals surface area (Å²) in [6.07, 6.45) is -3.15. The van der Waals surface area contributed by atoms with Gasteiger partial charge in [-0.3, -0.25) is 4.79 Å². The van der Waals surface area contributed by atoms with Gasteiger partial charge >= 0.3 is 6.18 Å². The lowest BCUT2D eigenvalue weighted by Gasteiger charge is -2.25. The molecule has 6 heteroatoms. The van der Waals surface area contributed by atoms with Crippen LogP contribution < -0.4 is 5.32 Å². The van der Waals surface area contributed by atoms with Crippen molar-refractivity contribution in [2.45, 2.75) is 18.6 Å². The van der Waals surface area contributed by atoms with Gasteiger partial charge in [0.2, 0.25) is 0 Å². The summed E-state index contributed by atoms with van der Waals surface area (Å²) < 4.78 is 36.9. The number of halogens is 3. The Bertz CT molecular complexity index is 369. The molecule has 1 aromatic rings. The molecule has 1 amide bonds. The molecule has 2 heterocycles. The van der Waals surface area contributed by atoms with Crippen LogP contribution in [0, 0.1) is 0 Å². The second-order valence-electron chi connectivity index (χ2n) is 3.14. The third-order valence-corrected chi connectivity index (χ3v) is 2.19. The number of fused-ring (bicyclic) bond motifs is 1. The summed E-state index contributed by atoms with van der Waals surface area (Å²) in [7, 11) is 0. The molecule has 1 atom stereocenters. The van der Waals surface area contributed by atoms with E-state index in [1.54, 1.807) is 0 Å². The van der Waals surface area contributed by atoms with Crippen molar-refractivity contribution in [2.75, 3.05) is 0 Å². The zero-order chi connectivity index (χ0) is 10.3. The number of aromatic amines is 1. The van der Waals surface area contributed by atoms with Gasteiger partial charge in [-0.05, 0) is 6.07 Å². The Morgan fingerprint density at radius 2 is 2.14 bits per heavy atom. The van der Waals surface area contributed by atoms with Gasteiger partial charge in [-0.1, -0.05) is 0 Å². The summed E-state index contributed by atoms with van der Waals surface area (Å²) >= 11 is 0. The molecule has 2 N–H and O–H groups in total. The van der Waals surface area contributed by atoms with Gasteiger partial charge in [-0.2, -0.15) is 13.2 Å². The summed E-state index contributed by atoms with van der Waals surface area (Å²) in [6.45, 7) is 0. The maximum atomic E-state index is 12.3. The molecular formula is C8H7F3N2O. The van der Waals surface area contributed by atoms with Gasteiger partial charge in [-0.25, -0.2) is 0 Å². The lowest BCUT2D eigenvalue weighted by molar-refractivity contribution is -0.153. The first-order valence-corrected chi connectivity index (χ1v) is 4.02. The van der Waals surface area contributed by atoms with Crippen LogP contribution >= 0.6 is 0 Å². The van der Waals surface area contributed by atoms with Gasteiger partial charge in [0.05, 0.1) is 5.56 Å². The van der Waals surface area contributed by atoms with Crippen LogP contribution in [0.3, 0.4) is 0 Å². The van der Waals surface area contributed by atoms with Crippen molar-refractivity contribution >= 4 is 5.91 Å². The number of nitrogens with one attached hydrogen (secondary N) is 2. The van der Waals surface area contributed by atoms with E-state index in [9.17, 15) is 18.0 Å². The molecule has 1 aliphatic rings. The van der Waals surface area contributed by atoms with E-state index in [0.717, 1.165) is 0 Å². The summed E-state index contributed by atoms with van der Waals surface area (Å²) in [5.74, 6) is -0.671. The maximum Gasteiger partial charge on any atom is 0.409 e. The van der Waals surface area contributed by atoms with Crippen molar-refractivity contribution in [1.29, 1.82) is 0 Å². The van der Waals surface area contributed by atoms with Gasteiger partial charge in [0.15, 0.2) is 0 Å². The number of aromatic nitrogens is 1. The normalized spacial score (nSPS) is 21.6. The average Bonchev–Trinajstić information content (AvgIpc) is 2.50. The molecule has 0 bridgehead atoms. The molecule has 14 heavy (non-hydrogen) atoms. The fourth-order valence-corrected chi connectivity index (χ4v) is 1.47. The minimum atomic E-state index is -4.39. The van der Waals surface area contributed by atoms with Crippen LogP contribution in [0.1, 0.15) is 16.1 Å². The molecule has 0 fully saturated rings. The number of H-pyrrole nitrogens is 1. The Balaban J connectivity index is 2.30. The first-order valence-electron chi connectivity index (χ1n) is 4.02. The number of carbonyl (C=O) groups is 1. The van der Waals surface area contributed by atoms with E-state index >= 15 is 0 Å². The minimum absolute atomic E-state index is 0.225. The molecule has 76 valence electrons. The highest BCUT2D eigenvalue weighted by Crippen LogP contribution is 2.26. The fraction of sp³-hybridized carbons (Fsp3) is 0.375. The highest BCUT2D eigenvalue weighted by atomic mass is 19.4. The minimum Gasteiger partial charge on any atom is -0.364 e. The van der Waals surface area contributed by atoms with Crippen molar-refractivity contribution in [3.8, 4) is 0 Å². The molecule has 2 rings (SSSR count). The molecule has 0 radical (unpaired) electrons. The Morgan fingerprint density at radius 1 is 1.43 bits per heavy atom. The van der Waals surface area contributed by atoms with Crippen LogP contribution in [-0.2, 0) is 6.42 Å². The van der Waals surface area contributed by atoms with E-state index in [0.29, 0.717) is 11.3 Å². The number of hydrogen-bond acceptors (Lipinski definition) is 1. The summed E-state index contributed by atoms with van der Waals surface area (Å²) in [5, 5.41) is 1.91. The standard InChI is InChI=1S/C8H7F3N2O/c9-8(10,11)6-3-5-4(1-2-12-5)7(14)13-6/h1-2,6,12H,3H2,(H,13,14). The first kappa shape index (κ1) is 9.11. The molecule has 0 saturated heterocycles. The van der Waals surface area contributed by atoms with E-state index in [-0.39, 0.29) is 6.42 Å². The highest BCUT2D eigenvalue weighted by molar-refractivity contribution is 5.96. The monoisotopic (exact) mass is 204 g/mol. The first-order chi connectivity index (χ1) is 6.48. The molecule has 0 spiro atoms. The highest BCUT2D eigenvalue weighted by Gasteiger charge is 2.43. The molecule has 0 saturated carbocycles. The Hall–Kier alpha value is -1.46. The van der Waals surface area contributed by atoms with E-state index in [1.165, 1.54) is 12.3 Å². The second kappa shape index (κ2) is 2.76. The van der Waals surface area contributed by atoms with Gasteiger partial charge < -0.3 is 10.3 Å². The lowest BCUT2D eigenvalue weighted by atomic mass is 10.0. The molecule has 1 aromatic heterocycles. The lowest BCUT2D eigenvalue weighted by Crippen LogP contribution is -2.49. The topological polar surface area (TPSA) is 44.9 Å². The number of carbonyl (C=O) groups excluding carboxylic acids is 1. The summed E-state index contributed by atoms with van der Waals surface area (Å²) in [4.78, 5) is 13.8. The van der Waals surface area contributed by atoms with E-state index in [1.807, 2.05) is 5.32 Å². The second-order valence-corrected chi connectivity index (χ2v) is 3.14. The molecule has 1 aliphatic heterocycles.